The number of alkyl halides is 3. The maximum absolute atomic E-state index is 12.4. The van der Waals surface area contributed by atoms with Crippen molar-refractivity contribution in [1.82, 2.24) is 10.6 Å². The Morgan fingerprint density at radius 1 is 0.964 bits per heavy atom. The summed E-state index contributed by atoms with van der Waals surface area (Å²) in [6, 6.07) is 3.98. The van der Waals surface area contributed by atoms with Crippen molar-refractivity contribution in [2.75, 3.05) is 13.2 Å². The predicted molar refractivity (Wildman–Crippen MR) is 88.5 cm³/mol. The van der Waals surface area contributed by atoms with Crippen molar-refractivity contribution in [2.45, 2.75) is 43.5 Å². The van der Waals surface area contributed by atoms with E-state index in [9.17, 15) is 22.8 Å². The van der Waals surface area contributed by atoms with Gasteiger partial charge in [-0.1, -0.05) is 0 Å². The summed E-state index contributed by atoms with van der Waals surface area (Å²) in [6.07, 6.45) is -3.71. The normalized spacial score (nSPS) is 29.2. The first-order valence-electron chi connectivity index (χ1n) is 9.00. The van der Waals surface area contributed by atoms with Gasteiger partial charge in [0, 0.05) is 11.5 Å². The number of ether oxygens (including phenoxy) is 3. The highest BCUT2D eigenvalue weighted by Crippen LogP contribution is 2.31. The van der Waals surface area contributed by atoms with Gasteiger partial charge in [-0.3, -0.25) is 9.59 Å². The molecule has 1 aromatic carbocycles. The maximum Gasteiger partial charge on any atom is 0.573 e. The van der Waals surface area contributed by atoms with E-state index in [1.807, 2.05) is 0 Å². The largest absolute Gasteiger partial charge is 0.573 e. The molecule has 152 valence electrons. The van der Waals surface area contributed by atoms with Crippen LogP contribution in [0.25, 0.3) is 0 Å². The van der Waals surface area contributed by atoms with Gasteiger partial charge in [0.15, 0.2) is 0 Å². The molecular formula is C18H19F3N2O5. The molecule has 2 N–H and O–H groups in total. The van der Waals surface area contributed by atoms with Crippen LogP contribution in [0.1, 0.15) is 23.2 Å². The molecule has 1 aromatic rings. The van der Waals surface area contributed by atoms with E-state index in [0.29, 0.717) is 6.61 Å². The van der Waals surface area contributed by atoms with Gasteiger partial charge in [0.05, 0.1) is 25.3 Å². The van der Waals surface area contributed by atoms with Gasteiger partial charge in [0.1, 0.15) is 18.0 Å². The Hall–Kier alpha value is -2.33. The van der Waals surface area contributed by atoms with Crippen molar-refractivity contribution in [3.8, 4) is 5.75 Å². The van der Waals surface area contributed by atoms with Crippen LogP contribution in [0.5, 0.6) is 5.75 Å². The third-order valence-corrected chi connectivity index (χ3v) is 5.00. The van der Waals surface area contributed by atoms with Gasteiger partial charge in [-0.15, -0.1) is 13.2 Å². The smallest absolute Gasteiger partial charge is 0.406 e. The molecule has 3 aliphatic rings. The van der Waals surface area contributed by atoms with E-state index in [4.69, 9.17) is 9.47 Å². The highest BCUT2D eigenvalue weighted by Gasteiger charge is 2.49. The van der Waals surface area contributed by atoms with Crippen molar-refractivity contribution in [1.29, 1.82) is 0 Å². The average molecular weight is 400 g/mol. The fourth-order valence-corrected chi connectivity index (χ4v) is 3.45. The van der Waals surface area contributed by atoms with Crippen LogP contribution in [0.15, 0.2) is 24.3 Å². The fourth-order valence-electron chi connectivity index (χ4n) is 3.45. The van der Waals surface area contributed by atoms with Crippen molar-refractivity contribution in [3.05, 3.63) is 29.8 Å². The summed E-state index contributed by atoms with van der Waals surface area (Å²) in [6.45, 7) is 0.537. The summed E-state index contributed by atoms with van der Waals surface area (Å²) in [5.41, 5.74) is 0.189. The van der Waals surface area contributed by atoms with Crippen LogP contribution in [0.3, 0.4) is 0 Å². The maximum atomic E-state index is 12.4. The highest BCUT2D eigenvalue weighted by atomic mass is 19.4. The number of benzene rings is 1. The molecule has 0 aromatic heterocycles. The van der Waals surface area contributed by atoms with Crippen molar-refractivity contribution in [2.24, 2.45) is 5.92 Å². The lowest BCUT2D eigenvalue weighted by atomic mass is 10.1. The monoisotopic (exact) mass is 400 g/mol. The third kappa shape index (κ3) is 4.22. The van der Waals surface area contributed by atoms with Crippen molar-refractivity contribution < 1.29 is 37.0 Å². The lowest BCUT2D eigenvalue weighted by molar-refractivity contribution is -0.274. The molecule has 0 bridgehead atoms. The molecule has 2 saturated heterocycles. The Labute approximate surface area is 158 Å². The molecule has 3 fully saturated rings. The number of carbonyl (C=O) groups is 2. The lowest BCUT2D eigenvalue weighted by Crippen LogP contribution is -2.47. The van der Waals surface area contributed by atoms with Gasteiger partial charge in [-0.2, -0.15) is 0 Å². The second-order valence-electron chi connectivity index (χ2n) is 7.14. The number of rotatable bonds is 5. The van der Waals surface area contributed by atoms with E-state index in [1.165, 1.54) is 12.1 Å². The number of hydrogen-bond donors (Lipinski definition) is 2. The van der Waals surface area contributed by atoms with E-state index in [1.54, 1.807) is 0 Å². The molecule has 10 heteroatoms. The third-order valence-electron chi connectivity index (χ3n) is 5.00. The molecule has 2 heterocycles. The summed E-state index contributed by atoms with van der Waals surface area (Å²) >= 11 is 0. The molecule has 1 aliphatic carbocycles. The van der Waals surface area contributed by atoms with Crippen LogP contribution in [0, 0.1) is 5.92 Å². The standard InChI is InChI=1S/C18H19F3N2O5/c19-18(20,21)28-11-5-3-10(4-6-11)17(25)23-13-8-27-14-12(7-26-15(13)14)22-16(24)9-1-2-9/h3-6,9,12-15H,1-2,7-8H2,(H,22,24)(H,23,25). The van der Waals surface area contributed by atoms with Crippen LogP contribution >= 0.6 is 0 Å². The van der Waals surface area contributed by atoms with E-state index in [2.05, 4.69) is 15.4 Å². The van der Waals surface area contributed by atoms with Gasteiger partial charge < -0.3 is 24.8 Å². The number of halogens is 3. The Morgan fingerprint density at radius 2 is 1.54 bits per heavy atom. The molecule has 28 heavy (non-hydrogen) atoms. The number of amides is 2. The quantitative estimate of drug-likeness (QED) is 0.780. The number of fused-ring (bicyclic) bond motifs is 1. The molecule has 2 amide bonds. The van der Waals surface area contributed by atoms with Gasteiger partial charge >= 0.3 is 6.36 Å². The summed E-state index contributed by atoms with van der Waals surface area (Å²) < 4.78 is 51.8. The zero-order valence-corrected chi connectivity index (χ0v) is 14.7. The van der Waals surface area contributed by atoms with Crippen LogP contribution < -0.4 is 15.4 Å². The fraction of sp³-hybridized carbons (Fsp3) is 0.556. The summed E-state index contributed by atoms with van der Waals surface area (Å²) in [5.74, 6) is -0.768. The zero-order valence-electron chi connectivity index (χ0n) is 14.7. The average Bonchev–Trinajstić information content (AvgIpc) is 3.30. The van der Waals surface area contributed by atoms with Crippen molar-refractivity contribution in [3.63, 3.8) is 0 Å². The topological polar surface area (TPSA) is 85.9 Å². The van der Waals surface area contributed by atoms with E-state index >= 15 is 0 Å². The van der Waals surface area contributed by atoms with Gasteiger partial charge in [0.2, 0.25) is 5.91 Å². The van der Waals surface area contributed by atoms with Crippen LogP contribution in [0.2, 0.25) is 0 Å². The van der Waals surface area contributed by atoms with Gasteiger partial charge in [-0.25, -0.2) is 0 Å². The van der Waals surface area contributed by atoms with Crippen LogP contribution in [-0.4, -0.2) is 55.7 Å². The summed E-state index contributed by atoms with van der Waals surface area (Å²) in [5, 5.41) is 5.71. The van der Waals surface area contributed by atoms with Crippen LogP contribution in [-0.2, 0) is 14.3 Å². The van der Waals surface area contributed by atoms with E-state index in [0.717, 1.165) is 25.0 Å². The molecular weight excluding hydrogens is 381 g/mol. The first-order valence-corrected chi connectivity index (χ1v) is 9.00. The molecule has 1 saturated carbocycles. The molecule has 0 spiro atoms. The highest BCUT2D eigenvalue weighted by molar-refractivity contribution is 5.94. The van der Waals surface area contributed by atoms with E-state index in [-0.39, 0.29) is 42.2 Å². The second-order valence-corrected chi connectivity index (χ2v) is 7.14. The minimum Gasteiger partial charge on any atom is -0.406 e. The molecule has 4 unspecified atom stereocenters. The molecule has 0 radical (unpaired) electrons. The van der Waals surface area contributed by atoms with Crippen molar-refractivity contribution >= 4 is 11.8 Å². The van der Waals surface area contributed by atoms with E-state index < -0.39 is 24.1 Å². The minimum atomic E-state index is -4.79. The van der Waals surface area contributed by atoms with Gasteiger partial charge in [-0.05, 0) is 37.1 Å². The molecule has 4 rings (SSSR count). The number of nitrogens with one attached hydrogen (secondary N) is 2. The first kappa shape index (κ1) is 19.0. The zero-order chi connectivity index (χ0) is 19.9. The summed E-state index contributed by atoms with van der Waals surface area (Å²) in [4.78, 5) is 24.3. The number of carbonyl (C=O) groups excluding carboxylic acids is 2. The minimum absolute atomic E-state index is 0.00602. The molecule has 2 aliphatic heterocycles. The Kier molecular flexibility index (Phi) is 4.92. The van der Waals surface area contributed by atoms with Crippen LogP contribution in [0.4, 0.5) is 13.2 Å². The summed E-state index contributed by atoms with van der Waals surface area (Å²) in [7, 11) is 0. The predicted octanol–water partition coefficient (Wildman–Crippen LogP) is 1.38. The lowest BCUT2D eigenvalue weighted by Gasteiger charge is -2.18. The Balaban J connectivity index is 1.32. The Bertz CT molecular complexity index is 751. The SMILES string of the molecule is O=C(NC1COC2C(NC(=O)C3CC3)COC12)c1ccc(OC(F)(F)F)cc1. The van der Waals surface area contributed by atoms with Gasteiger partial charge in [0.25, 0.3) is 5.91 Å². The molecule has 7 nitrogen and oxygen atoms in total. The first-order chi connectivity index (χ1) is 13.3. The Morgan fingerprint density at radius 3 is 2.07 bits per heavy atom. The second kappa shape index (κ2) is 7.25. The number of hydrogen-bond acceptors (Lipinski definition) is 5. The molecule has 4 atom stereocenters.